The Morgan fingerprint density at radius 2 is 1.63 bits per heavy atom. The summed E-state index contributed by atoms with van der Waals surface area (Å²) in [5.74, 6) is 0.0649. The number of ether oxygens (including phenoxy) is 1. The van der Waals surface area contributed by atoms with Gasteiger partial charge in [0.15, 0.2) is 6.10 Å². The molecule has 184 valence electrons. The van der Waals surface area contributed by atoms with Crippen molar-refractivity contribution in [2.24, 2.45) is 5.92 Å². The predicted molar refractivity (Wildman–Crippen MR) is 133 cm³/mol. The molecule has 6 nitrogen and oxygen atoms in total. The van der Waals surface area contributed by atoms with Gasteiger partial charge in [0.2, 0.25) is 10.0 Å². The van der Waals surface area contributed by atoms with E-state index in [1.807, 2.05) is 18.2 Å². The highest BCUT2D eigenvalue weighted by Gasteiger charge is 2.29. The first kappa shape index (κ1) is 24.9. The van der Waals surface area contributed by atoms with Crippen molar-refractivity contribution in [3.63, 3.8) is 0 Å². The number of anilines is 1. The number of carbonyl (C=O) groups excluding carboxylic acids is 1. The number of halogens is 1. The normalized spacial score (nSPS) is 15.9. The van der Waals surface area contributed by atoms with Gasteiger partial charge in [-0.05, 0) is 86.2 Å². The zero-order chi connectivity index (χ0) is 24.8. The van der Waals surface area contributed by atoms with E-state index in [9.17, 15) is 17.6 Å². The Bertz CT molecular complexity index is 1220. The molecule has 1 atom stereocenters. The Morgan fingerprint density at radius 3 is 2.26 bits per heavy atom. The van der Waals surface area contributed by atoms with Gasteiger partial charge >= 0.3 is 0 Å². The van der Waals surface area contributed by atoms with E-state index in [0.29, 0.717) is 30.4 Å². The second-order valence-corrected chi connectivity index (χ2v) is 10.7. The van der Waals surface area contributed by atoms with Gasteiger partial charge in [-0.3, -0.25) is 4.79 Å². The first-order chi connectivity index (χ1) is 16.8. The predicted octanol–water partition coefficient (Wildman–Crippen LogP) is 4.88. The molecule has 1 N–H and O–H groups in total. The lowest BCUT2D eigenvalue weighted by Gasteiger charge is -2.31. The molecule has 1 aliphatic rings. The fourth-order valence-electron chi connectivity index (χ4n) is 4.18. The number of amides is 1. The van der Waals surface area contributed by atoms with Gasteiger partial charge in [-0.15, -0.1) is 0 Å². The Morgan fingerprint density at radius 1 is 1.00 bits per heavy atom. The van der Waals surface area contributed by atoms with Crippen LogP contribution in [0, 0.1) is 11.7 Å². The van der Waals surface area contributed by atoms with Crippen LogP contribution in [0.1, 0.15) is 25.3 Å². The summed E-state index contributed by atoms with van der Waals surface area (Å²) in [4.78, 5) is 12.6. The molecule has 1 heterocycles. The molecule has 1 fully saturated rings. The van der Waals surface area contributed by atoms with Crippen molar-refractivity contribution in [2.45, 2.75) is 37.2 Å². The van der Waals surface area contributed by atoms with Crippen molar-refractivity contribution in [3.05, 3.63) is 90.2 Å². The molecule has 1 aliphatic heterocycles. The fourth-order valence-corrected chi connectivity index (χ4v) is 5.64. The first-order valence-electron chi connectivity index (χ1n) is 11.7. The van der Waals surface area contributed by atoms with E-state index in [4.69, 9.17) is 4.74 Å². The van der Waals surface area contributed by atoms with Crippen LogP contribution in [0.4, 0.5) is 10.1 Å². The molecule has 3 aromatic rings. The molecule has 0 aliphatic carbocycles. The molecule has 0 radical (unpaired) electrons. The van der Waals surface area contributed by atoms with E-state index < -0.39 is 22.0 Å². The summed E-state index contributed by atoms with van der Waals surface area (Å²) in [6.45, 7) is 2.58. The number of piperidine rings is 1. The van der Waals surface area contributed by atoms with Crippen LogP contribution >= 0.6 is 0 Å². The molecule has 8 heteroatoms. The number of hydrogen-bond donors (Lipinski definition) is 1. The lowest BCUT2D eigenvalue weighted by Crippen LogP contribution is -2.38. The van der Waals surface area contributed by atoms with E-state index >= 15 is 0 Å². The summed E-state index contributed by atoms with van der Waals surface area (Å²) in [5, 5.41) is 2.71. The number of nitrogens with zero attached hydrogens (tertiary/aromatic N) is 1. The molecule has 1 saturated heterocycles. The molecular weight excluding hydrogens is 467 g/mol. The minimum Gasteiger partial charge on any atom is -0.481 e. The van der Waals surface area contributed by atoms with Gasteiger partial charge in [-0.2, -0.15) is 4.31 Å². The number of hydrogen-bond acceptors (Lipinski definition) is 4. The molecular formula is C27H29FN2O4S. The summed E-state index contributed by atoms with van der Waals surface area (Å²) >= 11 is 0. The number of carbonyl (C=O) groups is 1. The van der Waals surface area contributed by atoms with Crippen molar-refractivity contribution in [1.29, 1.82) is 0 Å². The molecule has 1 unspecified atom stereocenters. The van der Waals surface area contributed by atoms with Gasteiger partial charge in [0.25, 0.3) is 5.91 Å². The smallest absolute Gasteiger partial charge is 0.265 e. The average Bonchev–Trinajstić information content (AvgIpc) is 2.87. The summed E-state index contributed by atoms with van der Waals surface area (Å²) < 4.78 is 46.3. The third kappa shape index (κ3) is 6.46. The number of nitrogens with one attached hydrogen (secondary N) is 1. The van der Waals surface area contributed by atoms with E-state index in [-0.39, 0.29) is 10.7 Å². The maximum absolute atomic E-state index is 13.1. The molecule has 0 spiro atoms. The second kappa shape index (κ2) is 11.0. The van der Waals surface area contributed by atoms with Crippen LogP contribution in [-0.2, 0) is 21.2 Å². The quantitative estimate of drug-likeness (QED) is 0.483. The highest BCUT2D eigenvalue weighted by molar-refractivity contribution is 7.89. The van der Waals surface area contributed by atoms with Crippen LogP contribution in [0.15, 0.2) is 83.8 Å². The topological polar surface area (TPSA) is 75.7 Å². The fraction of sp³-hybridized carbons (Fsp3) is 0.296. The van der Waals surface area contributed by atoms with Crippen molar-refractivity contribution in [2.75, 3.05) is 18.4 Å². The minimum atomic E-state index is -3.60. The Hall–Kier alpha value is -3.23. The third-order valence-electron chi connectivity index (χ3n) is 6.20. The summed E-state index contributed by atoms with van der Waals surface area (Å²) in [6, 6.07) is 21.8. The SMILES string of the molecule is CC(Oc1ccc(F)cc1)C(=O)Nc1ccc(S(=O)(=O)N2CCC(Cc3ccccc3)CC2)cc1. The minimum absolute atomic E-state index is 0.201. The highest BCUT2D eigenvalue weighted by atomic mass is 32.2. The molecule has 3 aromatic carbocycles. The third-order valence-corrected chi connectivity index (χ3v) is 8.11. The second-order valence-electron chi connectivity index (χ2n) is 8.76. The Balaban J connectivity index is 1.31. The van der Waals surface area contributed by atoms with E-state index in [1.54, 1.807) is 23.4 Å². The largest absolute Gasteiger partial charge is 0.481 e. The van der Waals surface area contributed by atoms with E-state index in [1.165, 1.54) is 42.0 Å². The summed E-state index contributed by atoms with van der Waals surface area (Å²) in [5.41, 5.74) is 1.74. The zero-order valence-electron chi connectivity index (χ0n) is 19.6. The Kier molecular flexibility index (Phi) is 7.83. The van der Waals surface area contributed by atoms with Crippen molar-refractivity contribution in [3.8, 4) is 5.75 Å². The molecule has 0 saturated carbocycles. The first-order valence-corrected chi connectivity index (χ1v) is 13.1. The van der Waals surface area contributed by atoms with Crippen LogP contribution in [0.5, 0.6) is 5.75 Å². The standard InChI is InChI=1S/C27H29FN2O4S/c1-20(34-25-11-7-23(28)8-12-25)27(31)29-24-9-13-26(14-10-24)35(32,33)30-17-15-22(16-18-30)19-21-5-3-2-4-6-21/h2-14,20,22H,15-19H2,1H3,(H,29,31). The lowest BCUT2D eigenvalue weighted by atomic mass is 9.91. The maximum Gasteiger partial charge on any atom is 0.265 e. The van der Waals surface area contributed by atoms with E-state index in [0.717, 1.165) is 19.3 Å². The molecule has 0 bridgehead atoms. The molecule has 4 rings (SSSR count). The monoisotopic (exact) mass is 496 g/mol. The van der Waals surface area contributed by atoms with Crippen LogP contribution in [0.25, 0.3) is 0 Å². The van der Waals surface area contributed by atoms with Gasteiger partial charge in [-0.25, -0.2) is 12.8 Å². The molecule has 35 heavy (non-hydrogen) atoms. The van der Waals surface area contributed by atoms with Crippen molar-refractivity contribution in [1.82, 2.24) is 4.31 Å². The van der Waals surface area contributed by atoms with Crippen LogP contribution in [0.2, 0.25) is 0 Å². The van der Waals surface area contributed by atoms with Crippen molar-refractivity contribution < 1.29 is 22.3 Å². The number of sulfonamides is 1. The van der Waals surface area contributed by atoms with Gasteiger partial charge in [0, 0.05) is 18.8 Å². The van der Waals surface area contributed by atoms with E-state index in [2.05, 4.69) is 17.4 Å². The lowest BCUT2D eigenvalue weighted by molar-refractivity contribution is -0.122. The molecule has 0 aromatic heterocycles. The highest BCUT2D eigenvalue weighted by Crippen LogP contribution is 2.27. The average molecular weight is 497 g/mol. The molecule has 1 amide bonds. The Labute approximate surface area is 205 Å². The van der Waals surface area contributed by atoms with Crippen molar-refractivity contribution >= 4 is 21.6 Å². The van der Waals surface area contributed by atoms with Gasteiger partial charge in [0.1, 0.15) is 11.6 Å². The van der Waals surface area contributed by atoms with Crippen LogP contribution in [0.3, 0.4) is 0 Å². The summed E-state index contributed by atoms with van der Waals surface area (Å²) in [7, 11) is -3.60. The van der Waals surface area contributed by atoms with Gasteiger partial charge in [-0.1, -0.05) is 30.3 Å². The van der Waals surface area contributed by atoms with Gasteiger partial charge in [0.05, 0.1) is 4.90 Å². The number of benzene rings is 3. The maximum atomic E-state index is 13.1. The van der Waals surface area contributed by atoms with Gasteiger partial charge < -0.3 is 10.1 Å². The zero-order valence-corrected chi connectivity index (χ0v) is 20.4. The summed E-state index contributed by atoms with van der Waals surface area (Å²) in [6.07, 6.45) is 1.80. The van der Waals surface area contributed by atoms with Crippen LogP contribution < -0.4 is 10.1 Å². The van der Waals surface area contributed by atoms with Crippen LogP contribution in [-0.4, -0.2) is 37.8 Å². The number of rotatable bonds is 8.